The number of H-pyrrole nitrogens is 1. The highest BCUT2D eigenvalue weighted by Crippen LogP contribution is 2.31. The average Bonchev–Trinajstić information content (AvgIpc) is 2.95. The van der Waals surface area contributed by atoms with Gasteiger partial charge in [-0.1, -0.05) is 36.4 Å². The minimum absolute atomic E-state index is 0.0530. The number of carbonyl (C=O) groups is 1. The summed E-state index contributed by atoms with van der Waals surface area (Å²) in [5, 5.41) is 3.50. The number of rotatable bonds is 4. The lowest BCUT2D eigenvalue weighted by Crippen LogP contribution is -2.25. The van der Waals surface area contributed by atoms with Crippen LogP contribution in [0.1, 0.15) is 16.7 Å². The lowest BCUT2D eigenvalue weighted by atomic mass is 10.1. The Hall–Kier alpha value is -2.76. The number of carbonyl (C=O) groups excluding carboxylic acids is 1. The van der Waals surface area contributed by atoms with Crippen molar-refractivity contribution < 1.29 is 18.0 Å². The summed E-state index contributed by atoms with van der Waals surface area (Å²) in [5.41, 5.74) is 1.06. The van der Waals surface area contributed by atoms with Gasteiger partial charge >= 0.3 is 6.18 Å². The molecule has 0 bridgehead atoms. The molecule has 0 radical (unpaired) electrons. The summed E-state index contributed by atoms with van der Waals surface area (Å²) in [6.45, 7) is -0.156. The zero-order valence-corrected chi connectivity index (χ0v) is 12.7. The van der Waals surface area contributed by atoms with Crippen LogP contribution in [-0.2, 0) is 23.9 Å². The fraction of sp³-hybridized carbons (Fsp3) is 0.167. The molecule has 0 fully saturated rings. The van der Waals surface area contributed by atoms with Gasteiger partial charge in [0.05, 0.1) is 12.0 Å². The van der Waals surface area contributed by atoms with E-state index in [0.29, 0.717) is 0 Å². The Morgan fingerprint density at radius 3 is 2.50 bits per heavy atom. The molecule has 6 heteroatoms. The van der Waals surface area contributed by atoms with Crippen molar-refractivity contribution in [3.8, 4) is 0 Å². The van der Waals surface area contributed by atoms with Gasteiger partial charge in [-0.2, -0.15) is 13.2 Å². The minimum Gasteiger partial charge on any atom is -0.361 e. The van der Waals surface area contributed by atoms with Crippen LogP contribution in [0.25, 0.3) is 10.9 Å². The van der Waals surface area contributed by atoms with Crippen LogP contribution in [0.5, 0.6) is 0 Å². The molecule has 0 spiro atoms. The molecular formula is C18H15F3N2O. The van der Waals surface area contributed by atoms with Crippen molar-refractivity contribution in [3.05, 3.63) is 71.4 Å². The van der Waals surface area contributed by atoms with Crippen LogP contribution in [0.2, 0.25) is 0 Å². The highest BCUT2D eigenvalue weighted by Gasteiger charge is 2.32. The molecule has 0 aliphatic heterocycles. The summed E-state index contributed by atoms with van der Waals surface area (Å²) < 4.78 is 38.8. The number of alkyl halides is 3. The quantitative estimate of drug-likeness (QED) is 0.744. The van der Waals surface area contributed by atoms with Crippen LogP contribution in [0.15, 0.2) is 54.7 Å². The number of aromatic amines is 1. The highest BCUT2D eigenvalue weighted by molar-refractivity contribution is 5.88. The molecule has 1 amide bonds. The van der Waals surface area contributed by atoms with Gasteiger partial charge in [-0.25, -0.2) is 0 Å². The summed E-state index contributed by atoms with van der Waals surface area (Å²) in [4.78, 5) is 15.1. The number of hydrogen-bond acceptors (Lipinski definition) is 1. The first kappa shape index (κ1) is 16.1. The minimum atomic E-state index is -4.43. The Morgan fingerprint density at radius 2 is 1.71 bits per heavy atom. The molecule has 1 heterocycles. The predicted octanol–water partition coefficient (Wildman–Crippen LogP) is 4.05. The molecule has 2 N–H and O–H groups in total. The third kappa shape index (κ3) is 3.42. The van der Waals surface area contributed by atoms with Gasteiger partial charge in [0.1, 0.15) is 0 Å². The number of amides is 1. The second kappa shape index (κ2) is 6.39. The van der Waals surface area contributed by atoms with Crippen LogP contribution in [-0.4, -0.2) is 10.9 Å². The van der Waals surface area contributed by atoms with Crippen molar-refractivity contribution in [2.75, 3.05) is 0 Å². The Kier molecular flexibility index (Phi) is 4.29. The molecule has 0 aliphatic rings. The summed E-state index contributed by atoms with van der Waals surface area (Å²) in [7, 11) is 0. The number of aromatic nitrogens is 1. The van der Waals surface area contributed by atoms with Gasteiger partial charge in [0, 0.05) is 23.6 Å². The van der Waals surface area contributed by atoms with E-state index >= 15 is 0 Å². The van der Waals surface area contributed by atoms with Gasteiger partial charge in [-0.05, 0) is 23.3 Å². The number of para-hydroxylation sites is 1. The van der Waals surface area contributed by atoms with Crippen molar-refractivity contribution in [1.82, 2.24) is 10.3 Å². The second-order valence-electron chi connectivity index (χ2n) is 5.47. The lowest BCUT2D eigenvalue weighted by molar-refractivity contribution is -0.138. The third-order valence-corrected chi connectivity index (χ3v) is 3.82. The van der Waals surface area contributed by atoms with Crippen molar-refractivity contribution in [2.24, 2.45) is 0 Å². The van der Waals surface area contributed by atoms with E-state index in [1.54, 1.807) is 6.20 Å². The maximum atomic E-state index is 12.9. The number of nitrogens with one attached hydrogen (secondary N) is 2. The molecule has 0 aliphatic carbocycles. The van der Waals surface area contributed by atoms with Gasteiger partial charge in [-0.3, -0.25) is 4.79 Å². The van der Waals surface area contributed by atoms with Crippen LogP contribution in [0.4, 0.5) is 13.2 Å². The first-order valence-corrected chi connectivity index (χ1v) is 7.42. The first-order valence-electron chi connectivity index (χ1n) is 7.42. The molecule has 3 nitrogen and oxygen atoms in total. The van der Waals surface area contributed by atoms with E-state index < -0.39 is 11.7 Å². The highest BCUT2D eigenvalue weighted by atomic mass is 19.4. The van der Waals surface area contributed by atoms with E-state index in [1.165, 1.54) is 18.2 Å². The van der Waals surface area contributed by atoms with Crippen molar-refractivity contribution >= 4 is 16.8 Å². The normalized spacial score (nSPS) is 11.6. The molecule has 0 unspecified atom stereocenters. The molecule has 3 aromatic rings. The van der Waals surface area contributed by atoms with Crippen molar-refractivity contribution in [3.63, 3.8) is 0 Å². The van der Waals surface area contributed by atoms with Crippen LogP contribution >= 0.6 is 0 Å². The van der Waals surface area contributed by atoms with E-state index in [0.717, 1.165) is 22.5 Å². The van der Waals surface area contributed by atoms with Gasteiger partial charge in [-0.15, -0.1) is 0 Å². The fourth-order valence-corrected chi connectivity index (χ4v) is 2.66. The molecule has 2 aromatic carbocycles. The number of hydrogen-bond donors (Lipinski definition) is 2. The van der Waals surface area contributed by atoms with E-state index in [-0.39, 0.29) is 24.4 Å². The number of halogens is 3. The molecule has 3 rings (SSSR count). The average molecular weight is 332 g/mol. The monoisotopic (exact) mass is 332 g/mol. The molecular weight excluding hydrogens is 317 g/mol. The number of benzene rings is 2. The Bertz CT molecular complexity index is 868. The third-order valence-electron chi connectivity index (χ3n) is 3.82. The fourth-order valence-electron chi connectivity index (χ4n) is 2.66. The summed E-state index contributed by atoms with van der Waals surface area (Å²) >= 11 is 0. The van der Waals surface area contributed by atoms with E-state index in [1.807, 2.05) is 24.3 Å². The predicted molar refractivity (Wildman–Crippen MR) is 85.3 cm³/mol. The second-order valence-corrected chi connectivity index (χ2v) is 5.47. The van der Waals surface area contributed by atoms with Gasteiger partial charge in [0.15, 0.2) is 0 Å². The standard InChI is InChI=1S/C18H15F3N2O/c19-18(20,21)15-7-3-1-5-12(15)10-23-17(24)9-13-11-22-16-8-4-2-6-14(13)16/h1-8,11,22H,9-10H2,(H,23,24). The zero-order chi connectivity index (χ0) is 17.2. The van der Waals surface area contributed by atoms with E-state index in [9.17, 15) is 18.0 Å². The molecule has 0 saturated heterocycles. The molecule has 1 aromatic heterocycles. The van der Waals surface area contributed by atoms with Crippen molar-refractivity contribution in [1.29, 1.82) is 0 Å². The molecule has 124 valence electrons. The van der Waals surface area contributed by atoms with Crippen LogP contribution in [0, 0.1) is 0 Å². The topological polar surface area (TPSA) is 44.9 Å². The maximum absolute atomic E-state index is 12.9. The lowest BCUT2D eigenvalue weighted by Gasteiger charge is -2.13. The summed E-state index contributed by atoms with van der Waals surface area (Å²) in [6.07, 6.45) is -2.58. The number of fused-ring (bicyclic) bond motifs is 1. The van der Waals surface area contributed by atoms with Crippen LogP contribution in [0.3, 0.4) is 0 Å². The Labute approximate surface area is 136 Å². The first-order chi connectivity index (χ1) is 11.4. The molecule has 24 heavy (non-hydrogen) atoms. The molecule has 0 saturated carbocycles. The maximum Gasteiger partial charge on any atom is 0.416 e. The zero-order valence-electron chi connectivity index (χ0n) is 12.7. The van der Waals surface area contributed by atoms with Crippen LogP contribution < -0.4 is 5.32 Å². The SMILES string of the molecule is O=C(Cc1c[nH]c2ccccc12)NCc1ccccc1C(F)(F)F. The van der Waals surface area contributed by atoms with E-state index in [2.05, 4.69) is 10.3 Å². The smallest absolute Gasteiger partial charge is 0.361 e. The van der Waals surface area contributed by atoms with E-state index in [4.69, 9.17) is 0 Å². The van der Waals surface area contributed by atoms with Gasteiger partial charge in [0.2, 0.25) is 5.91 Å². The van der Waals surface area contributed by atoms with Gasteiger partial charge < -0.3 is 10.3 Å². The Morgan fingerprint density at radius 1 is 1.00 bits per heavy atom. The van der Waals surface area contributed by atoms with Crippen molar-refractivity contribution in [2.45, 2.75) is 19.1 Å². The summed E-state index contributed by atoms with van der Waals surface area (Å²) in [5.74, 6) is -0.322. The Balaban J connectivity index is 1.69. The molecule has 0 atom stereocenters. The summed E-state index contributed by atoms with van der Waals surface area (Å²) in [6, 6.07) is 12.8. The van der Waals surface area contributed by atoms with Gasteiger partial charge in [0.25, 0.3) is 0 Å². The largest absolute Gasteiger partial charge is 0.416 e.